The molecule has 0 heterocycles. The van der Waals surface area contributed by atoms with Crippen molar-refractivity contribution in [2.24, 2.45) is 5.10 Å². The van der Waals surface area contributed by atoms with E-state index in [0.29, 0.717) is 13.0 Å². The normalized spacial score (nSPS) is 10.8. The van der Waals surface area contributed by atoms with Gasteiger partial charge >= 0.3 is 0 Å². The summed E-state index contributed by atoms with van der Waals surface area (Å²) in [6.45, 7) is 4.67. The molecule has 0 fully saturated rings. The summed E-state index contributed by atoms with van der Waals surface area (Å²) in [6.07, 6.45) is 3.77. The van der Waals surface area contributed by atoms with Gasteiger partial charge in [0.1, 0.15) is 5.75 Å². The van der Waals surface area contributed by atoms with Crippen LogP contribution < -0.4 is 10.2 Å². The Kier molecular flexibility index (Phi) is 7.02. The van der Waals surface area contributed by atoms with Crippen molar-refractivity contribution in [3.05, 3.63) is 65.2 Å². The molecule has 0 aliphatic heterocycles. The maximum Gasteiger partial charge on any atom is 0.240 e. The molecular formula is C20H24N2O2. The van der Waals surface area contributed by atoms with E-state index in [0.717, 1.165) is 24.2 Å². The van der Waals surface area contributed by atoms with Crippen LogP contribution in [0.1, 0.15) is 36.5 Å². The number of aryl methyl sites for hydroxylation is 2. The van der Waals surface area contributed by atoms with Crippen LogP contribution in [0.2, 0.25) is 0 Å². The third kappa shape index (κ3) is 6.24. The minimum absolute atomic E-state index is 0.0655. The summed E-state index contributed by atoms with van der Waals surface area (Å²) in [5.74, 6) is 0.814. The average Bonchev–Trinajstić information content (AvgIpc) is 2.58. The van der Waals surface area contributed by atoms with Gasteiger partial charge in [0.2, 0.25) is 5.91 Å². The maximum atomic E-state index is 11.8. The first-order valence-corrected chi connectivity index (χ1v) is 8.27. The maximum absolute atomic E-state index is 11.8. The van der Waals surface area contributed by atoms with Crippen molar-refractivity contribution in [3.8, 4) is 5.75 Å². The Morgan fingerprint density at radius 3 is 2.50 bits per heavy atom. The van der Waals surface area contributed by atoms with E-state index in [2.05, 4.69) is 10.5 Å². The molecule has 0 spiro atoms. The molecule has 24 heavy (non-hydrogen) atoms. The number of hydrogen-bond donors (Lipinski definition) is 1. The second-order valence-corrected chi connectivity index (χ2v) is 5.63. The van der Waals surface area contributed by atoms with E-state index in [1.165, 1.54) is 11.1 Å². The Labute approximate surface area is 143 Å². The minimum Gasteiger partial charge on any atom is -0.494 e. The topological polar surface area (TPSA) is 50.7 Å². The molecule has 2 aromatic carbocycles. The second-order valence-electron chi connectivity index (χ2n) is 5.63. The quantitative estimate of drug-likeness (QED) is 0.592. The van der Waals surface area contributed by atoms with Crippen LogP contribution in [-0.2, 0) is 11.2 Å². The van der Waals surface area contributed by atoms with Crippen LogP contribution in [0.25, 0.3) is 0 Å². The van der Waals surface area contributed by atoms with Gasteiger partial charge in [0.25, 0.3) is 0 Å². The number of hydrogen-bond acceptors (Lipinski definition) is 3. The molecule has 0 saturated heterocycles. The average molecular weight is 324 g/mol. The summed E-state index contributed by atoms with van der Waals surface area (Å²) in [7, 11) is 0. The molecule has 0 radical (unpaired) electrons. The second kappa shape index (κ2) is 9.50. The Morgan fingerprint density at radius 1 is 1.12 bits per heavy atom. The Balaban J connectivity index is 1.68. The summed E-state index contributed by atoms with van der Waals surface area (Å²) < 4.78 is 5.41. The number of carbonyl (C=O) groups excluding carboxylic acids is 1. The molecule has 4 heteroatoms. The molecule has 0 aromatic heterocycles. The first-order chi connectivity index (χ1) is 11.7. The third-order valence-corrected chi connectivity index (χ3v) is 3.58. The standard InChI is InChI=1S/C20H24N2O2/c1-3-24-19-13-11-17(12-14-19)5-4-6-20(23)22-21-15-18-9-7-16(2)8-10-18/h7-15H,3-6H2,1-2H3,(H,22,23)/b21-15-. The molecule has 0 saturated carbocycles. The zero-order chi connectivity index (χ0) is 17.2. The van der Waals surface area contributed by atoms with Gasteiger partial charge in [-0.25, -0.2) is 5.43 Å². The summed E-state index contributed by atoms with van der Waals surface area (Å²) in [6, 6.07) is 16.0. The summed E-state index contributed by atoms with van der Waals surface area (Å²) >= 11 is 0. The largest absolute Gasteiger partial charge is 0.494 e. The SMILES string of the molecule is CCOc1ccc(CCCC(=O)N/N=C\c2ccc(C)cc2)cc1. The van der Waals surface area contributed by atoms with Crippen LogP contribution in [0.15, 0.2) is 53.6 Å². The third-order valence-electron chi connectivity index (χ3n) is 3.58. The van der Waals surface area contributed by atoms with Gasteiger partial charge in [-0.05, 0) is 49.9 Å². The van der Waals surface area contributed by atoms with E-state index in [1.807, 2.05) is 62.4 Å². The lowest BCUT2D eigenvalue weighted by molar-refractivity contribution is -0.121. The van der Waals surface area contributed by atoms with Gasteiger partial charge in [0.15, 0.2) is 0 Å². The molecule has 2 aromatic rings. The lowest BCUT2D eigenvalue weighted by Gasteiger charge is -2.05. The number of benzene rings is 2. The number of nitrogens with zero attached hydrogens (tertiary/aromatic N) is 1. The van der Waals surface area contributed by atoms with Crippen molar-refractivity contribution in [1.82, 2.24) is 5.43 Å². The highest BCUT2D eigenvalue weighted by Gasteiger charge is 2.01. The van der Waals surface area contributed by atoms with E-state index in [9.17, 15) is 4.79 Å². The van der Waals surface area contributed by atoms with Crippen LogP contribution in [0.3, 0.4) is 0 Å². The van der Waals surface area contributed by atoms with Crippen molar-refractivity contribution >= 4 is 12.1 Å². The lowest BCUT2D eigenvalue weighted by Crippen LogP contribution is -2.17. The van der Waals surface area contributed by atoms with Crippen LogP contribution in [-0.4, -0.2) is 18.7 Å². The zero-order valence-electron chi connectivity index (χ0n) is 14.3. The van der Waals surface area contributed by atoms with Gasteiger partial charge in [-0.2, -0.15) is 5.10 Å². The highest BCUT2D eigenvalue weighted by molar-refractivity contribution is 5.82. The number of amides is 1. The molecular weight excluding hydrogens is 300 g/mol. The smallest absolute Gasteiger partial charge is 0.240 e. The van der Waals surface area contributed by atoms with Crippen molar-refractivity contribution in [1.29, 1.82) is 0 Å². The van der Waals surface area contributed by atoms with Crippen LogP contribution in [0.5, 0.6) is 5.75 Å². The van der Waals surface area contributed by atoms with Gasteiger partial charge in [-0.3, -0.25) is 4.79 Å². The summed E-state index contributed by atoms with van der Waals surface area (Å²) in [5, 5.41) is 3.99. The fraction of sp³-hybridized carbons (Fsp3) is 0.300. The zero-order valence-corrected chi connectivity index (χ0v) is 14.3. The highest BCUT2D eigenvalue weighted by atomic mass is 16.5. The van der Waals surface area contributed by atoms with Crippen molar-refractivity contribution < 1.29 is 9.53 Å². The van der Waals surface area contributed by atoms with Gasteiger partial charge < -0.3 is 4.74 Å². The van der Waals surface area contributed by atoms with Crippen molar-refractivity contribution in [2.75, 3.05) is 6.61 Å². The van der Waals surface area contributed by atoms with Crippen LogP contribution >= 0.6 is 0 Å². The molecule has 0 atom stereocenters. The van der Waals surface area contributed by atoms with Crippen molar-refractivity contribution in [3.63, 3.8) is 0 Å². The monoisotopic (exact) mass is 324 g/mol. The molecule has 4 nitrogen and oxygen atoms in total. The molecule has 0 bridgehead atoms. The van der Waals surface area contributed by atoms with Crippen molar-refractivity contribution in [2.45, 2.75) is 33.1 Å². The number of nitrogens with one attached hydrogen (secondary N) is 1. The van der Waals surface area contributed by atoms with Gasteiger partial charge in [-0.15, -0.1) is 0 Å². The van der Waals surface area contributed by atoms with E-state index in [-0.39, 0.29) is 5.91 Å². The van der Waals surface area contributed by atoms with E-state index >= 15 is 0 Å². The van der Waals surface area contributed by atoms with Gasteiger partial charge in [0, 0.05) is 6.42 Å². The predicted molar refractivity (Wildman–Crippen MR) is 97.5 cm³/mol. The first-order valence-electron chi connectivity index (χ1n) is 8.27. The lowest BCUT2D eigenvalue weighted by atomic mass is 10.1. The highest BCUT2D eigenvalue weighted by Crippen LogP contribution is 2.13. The number of rotatable bonds is 8. The number of ether oxygens (including phenoxy) is 1. The van der Waals surface area contributed by atoms with Gasteiger partial charge in [-0.1, -0.05) is 42.0 Å². The molecule has 126 valence electrons. The fourth-order valence-electron chi connectivity index (χ4n) is 2.26. The minimum atomic E-state index is -0.0655. The summed E-state index contributed by atoms with van der Waals surface area (Å²) in [5.41, 5.74) is 5.94. The Bertz CT molecular complexity index is 661. The predicted octanol–water partition coefficient (Wildman–Crippen LogP) is 3.87. The van der Waals surface area contributed by atoms with Gasteiger partial charge in [0.05, 0.1) is 12.8 Å². The molecule has 2 rings (SSSR count). The number of carbonyl (C=O) groups is 1. The molecule has 0 aliphatic rings. The Morgan fingerprint density at radius 2 is 1.83 bits per heavy atom. The molecule has 1 N–H and O–H groups in total. The van der Waals surface area contributed by atoms with E-state index in [4.69, 9.17) is 4.74 Å². The molecule has 0 unspecified atom stereocenters. The van der Waals surface area contributed by atoms with E-state index < -0.39 is 0 Å². The molecule has 1 amide bonds. The fourth-order valence-corrected chi connectivity index (χ4v) is 2.26. The summed E-state index contributed by atoms with van der Waals surface area (Å²) in [4.78, 5) is 11.8. The molecule has 0 aliphatic carbocycles. The number of hydrazone groups is 1. The van der Waals surface area contributed by atoms with Crippen LogP contribution in [0.4, 0.5) is 0 Å². The van der Waals surface area contributed by atoms with Crippen LogP contribution in [0, 0.1) is 6.92 Å². The van der Waals surface area contributed by atoms with E-state index in [1.54, 1.807) is 6.21 Å². The Hall–Kier alpha value is -2.62. The first kappa shape index (κ1) is 17.7.